The first-order chi connectivity index (χ1) is 12.4. The third kappa shape index (κ3) is 2.57. The van der Waals surface area contributed by atoms with Gasteiger partial charge in [0.2, 0.25) is 5.95 Å². The maximum atomic E-state index is 10.7. The van der Waals surface area contributed by atoms with E-state index in [2.05, 4.69) is 31.5 Å². The molecular formula is C19H26N6O. The molecule has 0 aromatic carbocycles. The van der Waals surface area contributed by atoms with Crippen molar-refractivity contribution >= 4 is 17.6 Å². The zero-order valence-electron chi connectivity index (χ0n) is 15.4. The van der Waals surface area contributed by atoms with Crippen molar-refractivity contribution in [3.63, 3.8) is 0 Å². The van der Waals surface area contributed by atoms with E-state index in [1.807, 2.05) is 19.9 Å². The SMILES string of the molecule is CC(C)(O)C12CCC(C1)N(c1nccc(Nc3cc(C4CC4)[nH]n3)n1)C2. The van der Waals surface area contributed by atoms with Gasteiger partial charge in [-0.15, -0.1) is 0 Å². The molecule has 2 atom stereocenters. The van der Waals surface area contributed by atoms with Crippen LogP contribution in [0.25, 0.3) is 0 Å². The van der Waals surface area contributed by atoms with Crippen molar-refractivity contribution in [1.82, 2.24) is 20.2 Å². The molecule has 26 heavy (non-hydrogen) atoms. The second-order valence-corrected chi connectivity index (χ2v) is 8.71. The van der Waals surface area contributed by atoms with Gasteiger partial charge in [0.05, 0.1) is 5.60 Å². The molecule has 3 N–H and O–H groups in total. The summed E-state index contributed by atoms with van der Waals surface area (Å²) < 4.78 is 0. The van der Waals surface area contributed by atoms with Gasteiger partial charge in [-0.1, -0.05) is 0 Å². The fraction of sp³-hybridized carbons (Fsp3) is 0.632. The van der Waals surface area contributed by atoms with E-state index < -0.39 is 5.60 Å². The number of anilines is 3. The molecule has 2 saturated carbocycles. The molecule has 3 fully saturated rings. The van der Waals surface area contributed by atoms with Gasteiger partial charge in [-0.25, -0.2) is 4.98 Å². The standard InChI is InChI=1S/C19H26N6O/c1-18(2,26)19-7-5-13(10-19)25(11-19)17-20-8-6-15(22-17)21-16-9-14(23-24-16)12-3-4-12/h6,8-9,12-13,26H,3-5,7,10-11H2,1-2H3,(H2,20,21,22,23,24). The number of piperidine rings is 1. The Labute approximate surface area is 153 Å². The molecule has 138 valence electrons. The van der Waals surface area contributed by atoms with Crippen molar-refractivity contribution in [3.05, 3.63) is 24.0 Å². The quantitative estimate of drug-likeness (QED) is 0.765. The molecule has 1 saturated heterocycles. The predicted molar refractivity (Wildman–Crippen MR) is 99.6 cm³/mol. The Morgan fingerprint density at radius 3 is 2.88 bits per heavy atom. The molecule has 2 aromatic rings. The number of aromatic amines is 1. The van der Waals surface area contributed by atoms with Crippen molar-refractivity contribution in [1.29, 1.82) is 0 Å². The summed E-state index contributed by atoms with van der Waals surface area (Å²) in [6.07, 6.45) is 7.47. The van der Waals surface area contributed by atoms with Gasteiger partial charge in [0, 0.05) is 41.9 Å². The lowest BCUT2D eigenvalue weighted by molar-refractivity contribution is -0.0410. The smallest absolute Gasteiger partial charge is 0.227 e. The average molecular weight is 354 g/mol. The van der Waals surface area contributed by atoms with Crippen molar-refractivity contribution in [3.8, 4) is 0 Å². The first-order valence-corrected chi connectivity index (χ1v) is 9.58. The molecule has 2 aromatic heterocycles. The van der Waals surface area contributed by atoms with Gasteiger partial charge in [-0.05, 0) is 52.0 Å². The topological polar surface area (TPSA) is 90.0 Å². The Bertz CT molecular complexity index is 823. The molecule has 3 heterocycles. The number of H-pyrrole nitrogens is 1. The minimum Gasteiger partial charge on any atom is -0.390 e. The first-order valence-electron chi connectivity index (χ1n) is 9.58. The number of nitrogens with one attached hydrogen (secondary N) is 2. The zero-order chi connectivity index (χ0) is 17.9. The van der Waals surface area contributed by atoms with Crippen LogP contribution in [0, 0.1) is 5.41 Å². The third-order valence-corrected chi connectivity index (χ3v) is 6.56. The maximum absolute atomic E-state index is 10.7. The number of hydrogen-bond acceptors (Lipinski definition) is 6. The molecule has 0 amide bonds. The normalized spacial score (nSPS) is 28.0. The van der Waals surface area contributed by atoms with Gasteiger partial charge in [-0.2, -0.15) is 10.1 Å². The van der Waals surface area contributed by atoms with Crippen LogP contribution in [0.3, 0.4) is 0 Å². The fourth-order valence-electron chi connectivity index (χ4n) is 4.64. The van der Waals surface area contributed by atoms with Crippen LogP contribution in [0.1, 0.15) is 57.6 Å². The van der Waals surface area contributed by atoms with E-state index in [1.165, 1.54) is 18.5 Å². The summed E-state index contributed by atoms with van der Waals surface area (Å²) in [5.41, 5.74) is 0.470. The number of aliphatic hydroxyl groups is 1. The number of fused-ring (bicyclic) bond motifs is 2. The number of nitrogens with zero attached hydrogens (tertiary/aromatic N) is 4. The second kappa shape index (κ2) is 5.42. The van der Waals surface area contributed by atoms with Crippen LogP contribution in [0.4, 0.5) is 17.6 Å². The van der Waals surface area contributed by atoms with Gasteiger partial charge < -0.3 is 15.3 Å². The molecule has 3 aliphatic rings. The highest BCUT2D eigenvalue weighted by Gasteiger charge is 2.57. The van der Waals surface area contributed by atoms with Crippen molar-refractivity contribution in [2.75, 3.05) is 16.8 Å². The lowest BCUT2D eigenvalue weighted by Crippen LogP contribution is -2.47. The highest BCUT2D eigenvalue weighted by atomic mass is 16.3. The summed E-state index contributed by atoms with van der Waals surface area (Å²) in [6, 6.07) is 4.36. The number of hydrogen-bond donors (Lipinski definition) is 3. The highest BCUT2D eigenvalue weighted by molar-refractivity contribution is 5.54. The number of rotatable bonds is 5. The average Bonchev–Trinajstić information content (AvgIpc) is 3.05. The maximum Gasteiger partial charge on any atom is 0.227 e. The van der Waals surface area contributed by atoms with E-state index in [4.69, 9.17) is 4.98 Å². The lowest BCUT2D eigenvalue weighted by atomic mass is 9.73. The Kier molecular flexibility index (Phi) is 3.35. The van der Waals surface area contributed by atoms with E-state index in [0.717, 1.165) is 43.4 Å². The van der Waals surface area contributed by atoms with Crippen LogP contribution in [-0.4, -0.2) is 43.5 Å². The highest BCUT2D eigenvalue weighted by Crippen LogP contribution is 2.54. The summed E-state index contributed by atoms with van der Waals surface area (Å²) >= 11 is 0. The van der Waals surface area contributed by atoms with E-state index in [9.17, 15) is 5.11 Å². The number of aromatic nitrogens is 4. The minimum atomic E-state index is -0.680. The van der Waals surface area contributed by atoms with E-state index in [-0.39, 0.29) is 5.41 Å². The van der Waals surface area contributed by atoms with E-state index >= 15 is 0 Å². The Hall–Kier alpha value is -2.15. The van der Waals surface area contributed by atoms with Crippen LogP contribution in [0.5, 0.6) is 0 Å². The van der Waals surface area contributed by atoms with Crippen molar-refractivity contribution in [2.45, 2.75) is 63.5 Å². The largest absolute Gasteiger partial charge is 0.390 e. The fourth-order valence-corrected chi connectivity index (χ4v) is 4.64. The molecule has 0 radical (unpaired) electrons. The summed E-state index contributed by atoms with van der Waals surface area (Å²) in [7, 11) is 0. The van der Waals surface area contributed by atoms with Crippen LogP contribution in [0.15, 0.2) is 18.3 Å². The zero-order valence-corrected chi connectivity index (χ0v) is 15.4. The Morgan fingerprint density at radius 2 is 2.15 bits per heavy atom. The molecule has 2 bridgehead atoms. The third-order valence-electron chi connectivity index (χ3n) is 6.56. The monoisotopic (exact) mass is 354 g/mol. The molecular weight excluding hydrogens is 328 g/mol. The molecule has 0 spiro atoms. The van der Waals surface area contributed by atoms with Crippen LogP contribution in [0.2, 0.25) is 0 Å². The minimum absolute atomic E-state index is 0.0498. The summed E-state index contributed by atoms with van der Waals surface area (Å²) in [5.74, 6) is 2.94. The first kappa shape index (κ1) is 16.1. The molecule has 7 heteroatoms. The van der Waals surface area contributed by atoms with Crippen LogP contribution in [-0.2, 0) is 0 Å². The van der Waals surface area contributed by atoms with Crippen LogP contribution < -0.4 is 10.2 Å². The van der Waals surface area contributed by atoms with Crippen LogP contribution >= 0.6 is 0 Å². The molecule has 7 nitrogen and oxygen atoms in total. The van der Waals surface area contributed by atoms with E-state index in [0.29, 0.717) is 12.0 Å². The van der Waals surface area contributed by atoms with Crippen molar-refractivity contribution in [2.24, 2.45) is 5.41 Å². The molecule has 2 aliphatic carbocycles. The Morgan fingerprint density at radius 1 is 1.31 bits per heavy atom. The molecule has 5 rings (SSSR count). The van der Waals surface area contributed by atoms with Gasteiger partial charge in [0.25, 0.3) is 0 Å². The summed E-state index contributed by atoms with van der Waals surface area (Å²) in [6.45, 7) is 4.69. The summed E-state index contributed by atoms with van der Waals surface area (Å²) in [4.78, 5) is 11.5. The van der Waals surface area contributed by atoms with Gasteiger partial charge in [0.15, 0.2) is 5.82 Å². The predicted octanol–water partition coefficient (Wildman–Crippen LogP) is 2.95. The van der Waals surface area contributed by atoms with Gasteiger partial charge in [-0.3, -0.25) is 5.10 Å². The van der Waals surface area contributed by atoms with Gasteiger partial charge in [0.1, 0.15) is 5.82 Å². The second-order valence-electron chi connectivity index (χ2n) is 8.71. The van der Waals surface area contributed by atoms with E-state index in [1.54, 1.807) is 6.20 Å². The Balaban J connectivity index is 1.35. The van der Waals surface area contributed by atoms with Gasteiger partial charge >= 0.3 is 0 Å². The molecule has 1 aliphatic heterocycles. The molecule has 2 unspecified atom stereocenters. The summed E-state index contributed by atoms with van der Waals surface area (Å²) in [5, 5.41) is 21.4. The van der Waals surface area contributed by atoms with Crippen molar-refractivity contribution < 1.29 is 5.11 Å². The lowest BCUT2D eigenvalue weighted by Gasteiger charge is -2.40.